The maximum Gasteiger partial charge on any atom is 0.274 e. The van der Waals surface area contributed by atoms with Crippen LogP contribution in [0.4, 0.5) is 0 Å². The van der Waals surface area contributed by atoms with Gasteiger partial charge in [-0.05, 0) is 6.07 Å². The summed E-state index contributed by atoms with van der Waals surface area (Å²) in [5.41, 5.74) is 0.409. The first-order chi connectivity index (χ1) is 11.2. The van der Waals surface area contributed by atoms with Crippen LogP contribution in [-0.4, -0.2) is 55.5 Å². The highest BCUT2D eigenvalue weighted by Gasteiger charge is 2.51. The summed E-state index contributed by atoms with van der Waals surface area (Å²) in [6.45, 7) is 1.49. The molecular weight excluding hydrogens is 312 g/mol. The Kier molecular flexibility index (Phi) is 3.65. The Hall–Kier alpha value is -2.15. The Morgan fingerprint density at radius 1 is 1.26 bits per heavy atom. The normalized spacial score (nSPS) is 21.9. The number of thioether (sulfide) groups is 1. The molecule has 1 spiro atoms. The first-order valence-electron chi connectivity index (χ1n) is 7.51. The lowest BCUT2D eigenvalue weighted by Crippen LogP contribution is -2.61. The number of hydrogen-bond donors (Lipinski definition) is 0. The van der Waals surface area contributed by atoms with Crippen LogP contribution in [0, 0.1) is 0 Å². The van der Waals surface area contributed by atoms with Crippen LogP contribution >= 0.6 is 11.8 Å². The smallest absolute Gasteiger partial charge is 0.274 e. The van der Waals surface area contributed by atoms with Gasteiger partial charge in [-0.1, -0.05) is 6.07 Å². The van der Waals surface area contributed by atoms with Gasteiger partial charge in [0.15, 0.2) is 0 Å². The Labute approximate surface area is 138 Å². The van der Waals surface area contributed by atoms with Gasteiger partial charge in [-0.3, -0.25) is 9.78 Å². The van der Waals surface area contributed by atoms with Gasteiger partial charge in [0.25, 0.3) is 5.91 Å². The van der Waals surface area contributed by atoms with Gasteiger partial charge in [-0.2, -0.15) is 0 Å². The lowest BCUT2D eigenvalue weighted by atomic mass is 9.92. The zero-order chi connectivity index (χ0) is 15.7. The molecule has 2 fully saturated rings. The van der Waals surface area contributed by atoms with Crippen LogP contribution in [-0.2, 0) is 0 Å². The molecule has 2 saturated heterocycles. The molecule has 23 heavy (non-hydrogen) atoms. The molecule has 2 aromatic heterocycles. The number of rotatable bonds is 3. The largest absolute Gasteiger partial charge is 0.473 e. The Morgan fingerprint density at radius 2 is 2.17 bits per heavy atom. The zero-order valence-corrected chi connectivity index (χ0v) is 13.3. The summed E-state index contributed by atoms with van der Waals surface area (Å²) in [5, 5.41) is 0. The van der Waals surface area contributed by atoms with E-state index in [2.05, 4.69) is 15.0 Å². The molecular formula is C16H16N4O2S. The van der Waals surface area contributed by atoms with E-state index in [-0.39, 0.29) is 16.8 Å². The van der Waals surface area contributed by atoms with Crippen molar-refractivity contribution in [2.75, 3.05) is 18.8 Å². The Balaban J connectivity index is 1.34. The van der Waals surface area contributed by atoms with Crippen LogP contribution in [0.3, 0.4) is 0 Å². The van der Waals surface area contributed by atoms with Crippen molar-refractivity contribution in [3.05, 3.63) is 48.7 Å². The number of likely N-dealkylation sites (tertiary alicyclic amines) is 1. The third kappa shape index (κ3) is 2.88. The summed E-state index contributed by atoms with van der Waals surface area (Å²) < 4.78 is 6.05. The highest BCUT2D eigenvalue weighted by molar-refractivity contribution is 8.01. The van der Waals surface area contributed by atoms with Crippen LogP contribution in [0.25, 0.3) is 0 Å². The van der Waals surface area contributed by atoms with Crippen LogP contribution < -0.4 is 4.74 Å². The highest BCUT2D eigenvalue weighted by atomic mass is 32.2. The average molecular weight is 328 g/mol. The molecule has 0 radical (unpaired) electrons. The van der Waals surface area contributed by atoms with Crippen molar-refractivity contribution < 1.29 is 9.53 Å². The van der Waals surface area contributed by atoms with Crippen molar-refractivity contribution in [1.82, 2.24) is 19.9 Å². The molecule has 4 heterocycles. The van der Waals surface area contributed by atoms with Crippen molar-refractivity contribution in [2.45, 2.75) is 17.3 Å². The lowest BCUT2D eigenvalue weighted by molar-refractivity contribution is 0.0509. The topological polar surface area (TPSA) is 68.2 Å². The minimum atomic E-state index is -0.0431. The third-order valence-corrected chi connectivity index (χ3v) is 5.70. The van der Waals surface area contributed by atoms with Gasteiger partial charge in [0.05, 0.1) is 10.9 Å². The van der Waals surface area contributed by atoms with Gasteiger partial charge in [0.2, 0.25) is 5.88 Å². The first kappa shape index (κ1) is 14.4. The van der Waals surface area contributed by atoms with E-state index in [1.54, 1.807) is 18.6 Å². The standard InChI is InChI=1S/C16H16N4O2S/c21-15(13-8-17-5-6-18-13)20-10-16(11-20)7-12(9-23-16)22-14-3-1-2-4-19-14/h1-6,8,12H,7,9-11H2/t12-/m0/s1. The summed E-state index contributed by atoms with van der Waals surface area (Å²) in [5.74, 6) is 1.56. The third-order valence-electron chi connectivity index (χ3n) is 4.13. The van der Waals surface area contributed by atoms with Gasteiger partial charge in [-0.15, -0.1) is 11.8 Å². The predicted octanol–water partition coefficient (Wildman–Crippen LogP) is 1.65. The van der Waals surface area contributed by atoms with E-state index in [1.807, 2.05) is 34.9 Å². The average Bonchev–Trinajstić information content (AvgIpc) is 2.99. The number of carbonyl (C=O) groups is 1. The van der Waals surface area contributed by atoms with Gasteiger partial charge < -0.3 is 9.64 Å². The number of aromatic nitrogens is 3. The van der Waals surface area contributed by atoms with Gasteiger partial charge >= 0.3 is 0 Å². The van der Waals surface area contributed by atoms with Crippen LogP contribution in [0.15, 0.2) is 43.0 Å². The molecule has 2 aliphatic rings. The number of carbonyl (C=O) groups excluding carboxylic acids is 1. The van der Waals surface area contributed by atoms with Crippen LogP contribution in [0.5, 0.6) is 5.88 Å². The van der Waals surface area contributed by atoms with Crippen LogP contribution in [0.1, 0.15) is 16.9 Å². The second kappa shape index (κ2) is 5.81. The van der Waals surface area contributed by atoms with Crippen molar-refractivity contribution >= 4 is 17.7 Å². The molecule has 4 rings (SSSR count). The fraction of sp³-hybridized carbons (Fsp3) is 0.375. The molecule has 0 unspecified atom stereocenters. The molecule has 2 aromatic rings. The number of hydrogen-bond acceptors (Lipinski definition) is 6. The maximum atomic E-state index is 12.3. The van der Waals surface area contributed by atoms with Crippen LogP contribution in [0.2, 0.25) is 0 Å². The van der Waals surface area contributed by atoms with E-state index in [1.165, 1.54) is 6.20 Å². The first-order valence-corrected chi connectivity index (χ1v) is 8.50. The lowest BCUT2D eigenvalue weighted by Gasteiger charge is -2.47. The van der Waals surface area contributed by atoms with Crippen molar-refractivity contribution in [3.8, 4) is 5.88 Å². The number of pyridine rings is 1. The summed E-state index contributed by atoms with van der Waals surface area (Å²) >= 11 is 1.89. The molecule has 118 valence electrons. The van der Waals surface area contributed by atoms with Crippen molar-refractivity contribution in [1.29, 1.82) is 0 Å². The molecule has 1 atom stereocenters. The Bertz CT molecular complexity index is 692. The summed E-state index contributed by atoms with van der Waals surface area (Å²) in [6, 6.07) is 5.67. The molecule has 0 aromatic carbocycles. The van der Waals surface area contributed by atoms with E-state index in [0.717, 1.165) is 25.3 Å². The fourth-order valence-corrected chi connectivity index (χ4v) is 4.57. The molecule has 0 bridgehead atoms. The Morgan fingerprint density at radius 3 is 2.91 bits per heavy atom. The van der Waals surface area contributed by atoms with Crippen molar-refractivity contribution in [3.63, 3.8) is 0 Å². The van der Waals surface area contributed by atoms with Gasteiger partial charge in [-0.25, -0.2) is 9.97 Å². The second-order valence-corrected chi connectivity index (χ2v) is 7.35. The summed E-state index contributed by atoms with van der Waals surface area (Å²) in [7, 11) is 0. The SMILES string of the molecule is O=C(c1cnccn1)N1CC2(C[C@H](Oc3ccccn3)CS2)C1. The maximum absolute atomic E-state index is 12.3. The molecule has 1 amide bonds. The second-order valence-electron chi connectivity index (χ2n) is 5.86. The van der Waals surface area contributed by atoms with Gasteiger partial charge in [0.1, 0.15) is 11.8 Å². The summed E-state index contributed by atoms with van der Waals surface area (Å²) in [6.07, 6.45) is 7.46. The van der Waals surface area contributed by atoms with E-state index in [9.17, 15) is 4.79 Å². The molecule has 2 aliphatic heterocycles. The molecule has 0 saturated carbocycles. The van der Waals surface area contributed by atoms with E-state index in [0.29, 0.717) is 11.6 Å². The molecule has 7 heteroatoms. The minimum Gasteiger partial charge on any atom is -0.473 e. The van der Waals surface area contributed by atoms with Gasteiger partial charge in [0, 0.05) is 49.9 Å². The monoisotopic (exact) mass is 328 g/mol. The molecule has 0 aliphatic carbocycles. The summed E-state index contributed by atoms with van der Waals surface area (Å²) in [4.78, 5) is 26.4. The fourth-order valence-electron chi connectivity index (χ4n) is 3.05. The minimum absolute atomic E-state index is 0.0431. The van der Waals surface area contributed by atoms with E-state index >= 15 is 0 Å². The van der Waals surface area contributed by atoms with Crippen molar-refractivity contribution in [2.24, 2.45) is 0 Å². The molecule has 6 nitrogen and oxygen atoms in total. The predicted molar refractivity (Wildman–Crippen MR) is 86.4 cm³/mol. The highest BCUT2D eigenvalue weighted by Crippen LogP contribution is 2.46. The molecule has 0 N–H and O–H groups in total. The number of ether oxygens (including phenoxy) is 1. The van der Waals surface area contributed by atoms with E-state index in [4.69, 9.17) is 4.74 Å². The number of amides is 1. The zero-order valence-electron chi connectivity index (χ0n) is 12.5. The number of nitrogens with zero attached hydrogens (tertiary/aromatic N) is 4. The van der Waals surface area contributed by atoms with E-state index < -0.39 is 0 Å². The quantitative estimate of drug-likeness (QED) is 0.853.